The predicted octanol–water partition coefficient (Wildman–Crippen LogP) is 3.02. The zero-order valence-electron chi connectivity index (χ0n) is 19.0. The third-order valence-corrected chi connectivity index (χ3v) is 5.52. The van der Waals surface area contributed by atoms with Crippen molar-refractivity contribution in [1.82, 2.24) is 0 Å². The number of esters is 3. The summed E-state index contributed by atoms with van der Waals surface area (Å²) >= 11 is 0. The largest absolute Gasteiger partial charge is 0.459 e. The molecule has 1 heterocycles. The number of carbonyl (C=O) groups excluding carboxylic acids is 3. The first kappa shape index (κ1) is 24.7. The van der Waals surface area contributed by atoms with Gasteiger partial charge >= 0.3 is 17.9 Å². The van der Waals surface area contributed by atoms with E-state index in [2.05, 4.69) is 5.92 Å². The molecule has 1 fully saturated rings. The van der Waals surface area contributed by atoms with E-state index >= 15 is 0 Å². The van der Waals surface area contributed by atoms with Crippen molar-refractivity contribution in [3.8, 4) is 12.3 Å². The molecule has 8 nitrogen and oxygen atoms in total. The maximum atomic E-state index is 12.8. The van der Waals surface area contributed by atoms with Gasteiger partial charge in [-0.2, -0.15) is 0 Å². The highest BCUT2D eigenvalue weighted by Crippen LogP contribution is 2.35. The van der Waals surface area contributed by atoms with E-state index in [-0.39, 0.29) is 16.7 Å². The van der Waals surface area contributed by atoms with Crippen LogP contribution in [0.25, 0.3) is 0 Å². The molecule has 4 atom stereocenters. The molecule has 0 aliphatic carbocycles. The molecule has 3 aromatic carbocycles. The van der Waals surface area contributed by atoms with Gasteiger partial charge in [0.1, 0.15) is 12.7 Å². The summed E-state index contributed by atoms with van der Waals surface area (Å²) in [5.41, 5.74) is -1.69. The molecule has 1 aliphatic rings. The summed E-state index contributed by atoms with van der Waals surface area (Å²) in [6.45, 7) is -0.441. The molecule has 0 bridgehead atoms. The molecule has 1 N–H and O–H groups in total. The summed E-state index contributed by atoms with van der Waals surface area (Å²) in [5, 5.41) is 11.3. The Hall–Kier alpha value is -4.45. The van der Waals surface area contributed by atoms with Crippen LogP contribution >= 0.6 is 0 Å². The Labute approximate surface area is 207 Å². The van der Waals surface area contributed by atoms with Crippen LogP contribution in [0.1, 0.15) is 31.1 Å². The van der Waals surface area contributed by atoms with Crippen molar-refractivity contribution < 1.29 is 38.4 Å². The van der Waals surface area contributed by atoms with Crippen molar-refractivity contribution in [2.75, 3.05) is 6.61 Å². The molecule has 1 aliphatic heterocycles. The van der Waals surface area contributed by atoms with E-state index in [9.17, 15) is 19.5 Å². The van der Waals surface area contributed by atoms with E-state index in [1.54, 1.807) is 66.7 Å². The summed E-state index contributed by atoms with van der Waals surface area (Å²) in [4.78, 5) is 37.9. The number of hydrogen-bond acceptors (Lipinski definition) is 8. The van der Waals surface area contributed by atoms with Crippen LogP contribution < -0.4 is 0 Å². The molecule has 4 rings (SSSR count). The molecule has 0 radical (unpaired) electrons. The van der Waals surface area contributed by atoms with E-state index < -0.39 is 48.6 Å². The van der Waals surface area contributed by atoms with Gasteiger partial charge in [-0.3, -0.25) is 0 Å². The Morgan fingerprint density at radius 1 is 0.778 bits per heavy atom. The topological polar surface area (TPSA) is 108 Å². The van der Waals surface area contributed by atoms with Gasteiger partial charge in [0.2, 0.25) is 11.9 Å². The third kappa shape index (κ3) is 5.28. The van der Waals surface area contributed by atoms with E-state index in [0.29, 0.717) is 0 Å². The first-order valence-electron chi connectivity index (χ1n) is 11.0. The van der Waals surface area contributed by atoms with Gasteiger partial charge in [-0.15, -0.1) is 6.42 Å². The maximum Gasteiger partial charge on any atom is 0.340 e. The van der Waals surface area contributed by atoms with Gasteiger partial charge in [0.05, 0.1) is 16.7 Å². The summed E-state index contributed by atoms with van der Waals surface area (Å²) in [6.07, 6.45) is 1.15. The second-order valence-electron chi connectivity index (χ2n) is 7.90. The van der Waals surface area contributed by atoms with Gasteiger partial charge in [0.25, 0.3) is 0 Å². The van der Waals surface area contributed by atoms with Crippen molar-refractivity contribution in [2.45, 2.75) is 24.1 Å². The lowest BCUT2D eigenvalue weighted by Gasteiger charge is -2.28. The van der Waals surface area contributed by atoms with Crippen LogP contribution in [0.5, 0.6) is 0 Å². The van der Waals surface area contributed by atoms with Crippen molar-refractivity contribution in [3.05, 3.63) is 108 Å². The zero-order chi connectivity index (χ0) is 25.5. The second-order valence-corrected chi connectivity index (χ2v) is 7.90. The van der Waals surface area contributed by atoms with Gasteiger partial charge < -0.3 is 24.1 Å². The third-order valence-electron chi connectivity index (χ3n) is 5.52. The number of hydrogen-bond donors (Lipinski definition) is 1. The fourth-order valence-electron chi connectivity index (χ4n) is 3.62. The van der Waals surface area contributed by atoms with Crippen molar-refractivity contribution in [3.63, 3.8) is 0 Å². The summed E-state index contributed by atoms with van der Waals surface area (Å²) in [6, 6.07) is 24.3. The Morgan fingerprint density at radius 2 is 1.22 bits per heavy atom. The molecule has 182 valence electrons. The van der Waals surface area contributed by atoms with Crippen LogP contribution in [0.2, 0.25) is 0 Å². The smallest absolute Gasteiger partial charge is 0.340 e. The summed E-state index contributed by atoms with van der Waals surface area (Å²) < 4.78 is 21.9. The summed E-state index contributed by atoms with van der Waals surface area (Å²) in [7, 11) is 0. The highest BCUT2D eigenvalue weighted by atomic mass is 16.7. The highest BCUT2D eigenvalue weighted by Gasteiger charge is 2.60. The average Bonchev–Trinajstić information content (AvgIpc) is 3.19. The normalized spacial score (nSPS) is 22.7. The molecule has 0 aromatic heterocycles. The van der Waals surface area contributed by atoms with Crippen LogP contribution in [-0.2, 0) is 18.9 Å². The standard InChI is InChI=1S/C28H22O8/c1-2-28(32)23(35-25(30)20-14-8-4-9-15-20)22(18-33-24(29)19-12-6-3-7-13-19)34-27(28)36-26(31)21-16-10-5-11-17-21/h1,3-17,22-23,27,32H,18H2/t22-,23-,27?,28-/m1/s1. The Bertz CT molecular complexity index is 1250. The van der Waals surface area contributed by atoms with Gasteiger partial charge in [-0.05, 0) is 36.4 Å². The second kappa shape index (κ2) is 10.9. The van der Waals surface area contributed by atoms with E-state index in [1.807, 2.05) is 0 Å². The predicted molar refractivity (Wildman–Crippen MR) is 127 cm³/mol. The molecule has 0 amide bonds. The number of benzene rings is 3. The van der Waals surface area contributed by atoms with E-state index in [4.69, 9.17) is 25.4 Å². The Balaban J connectivity index is 1.57. The minimum Gasteiger partial charge on any atom is -0.459 e. The van der Waals surface area contributed by atoms with Crippen molar-refractivity contribution in [2.24, 2.45) is 0 Å². The van der Waals surface area contributed by atoms with Crippen molar-refractivity contribution >= 4 is 17.9 Å². The van der Waals surface area contributed by atoms with E-state index in [1.165, 1.54) is 24.3 Å². The lowest BCUT2D eigenvalue weighted by molar-refractivity contribution is -0.159. The molecule has 0 saturated carbocycles. The average molecular weight is 486 g/mol. The Morgan fingerprint density at radius 3 is 1.69 bits per heavy atom. The van der Waals surface area contributed by atoms with Gasteiger partial charge in [0, 0.05) is 0 Å². The maximum absolute atomic E-state index is 12.8. The highest BCUT2D eigenvalue weighted by molar-refractivity contribution is 5.90. The zero-order valence-corrected chi connectivity index (χ0v) is 19.0. The lowest BCUT2D eigenvalue weighted by Crippen LogP contribution is -2.51. The van der Waals surface area contributed by atoms with Crippen molar-refractivity contribution in [1.29, 1.82) is 0 Å². The number of carbonyl (C=O) groups is 3. The first-order valence-corrected chi connectivity index (χ1v) is 11.0. The summed E-state index contributed by atoms with van der Waals surface area (Å²) in [5.74, 6) is -0.141. The number of terminal acetylenes is 1. The van der Waals surface area contributed by atoms with Crippen LogP contribution in [0.3, 0.4) is 0 Å². The molecule has 1 unspecified atom stereocenters. The SMILES string of the molecule is C#C[C@]1(O)C(OC(=O)c2ccccc2)O[C@H](COC(=O)c2ccccc2)[C@H]1OC(=O)c1ccccc1. The molecule has 1 saturated heterocycles. The Kier molecular flexibility index (Phi) is 7.44. The van der Waals surface area contributed by atoms with Gasteiger partial charge in [0.15, 0.2) is 6.10 Å². The van der Waals surface area contributed by atoms with Crippen LogP contribution in [0.4, 0.5) is 0 Å². The molecule has 3 aromatic rings. The number of ether oxygens (including phenoxy) is 4. The van der Waals surface area contributed by atoms with Gasteiger partial charge in [-0.25, -0.2) is 14.4 Å². The first-order chi connectivity index (χ1) is 17.4. The van der Waals surface area contributed by atoms with Crippen LogP contribution in [0.15, 0.2) is 91.0 Å². The molecular weight excluding hydrogens is 464 g/mol. The monoisotopic (exact) mass is 486 g/mol. The van der Waals surface area contributed by atoms with Gasteiger partial charge in [-0.1, -0.05) is 60.5 Å². The fraction of sp³-hybridized carbons (Fsp3) is 0.179. The molecule has 8 heteroatoms. The number of aliphatic hydroxyl groups is 1. The van der Waals surface area contributed by atoms with Crippen LogP contribution in [0, 0.1) is 12.3 Å². The molecular formula is C28H22O8. The van der Waals surface area contributed by atoms with E-state index in [0.717, 1.165) is 0 Å². The number of rotatable bonds is 7. The molecule has 36 heavy (non-hydrogen) atoms. The minimum absolute atomic E-state index is 0.192. The minimum atomic E-state index is -2.36. The lowest BCUT2D eigenvalue weighted by atomic mass is 9.95. The fourth-order valence-corrected chi connectivity index (χ4v) is 3.62. The van der Waals surface area contributed by atoms with Crippen LogP contribution in [-0.4, -0.2) is 53.7 Å². The quantitative estimate of drug-likeness (QED) is 0.309. The molecule has 0 spiro atoms.